The third-order valence-electron chi connectivity index (χ3n) is 5.10. The van der Waals surface area contributed by atoms with E-state index in [0.717, 1.165) is 24.4 Å². The number of aromatic nitrogens is 2. The highest BCUT2D eigenvalue weighted by Gasteiger charge is 2.53. The minimum Gasteiger partial charge on any atom is -0.354 e. The maximum Gasteiger partial charge on any atom is 0.393 e. The number of alkyl halides is 3. The Morgan fingerprint density at radius 2 is 1.93 bits per heavy atom. The van der Waals surface area contributed by atoms with E-state index >= 15 is 0 Å². The Hall–Kier alpha value is -1.94. The van der Waals surface area contributed by atoms with E-state index in [4.69, 9.17) is 5.73 Å². The van der Waals surface area contributed by atoms with Gasteiger partial charge in [-0.15, -0.1) is 11.3 Å². The molecule has 1 amide bonds. The molecule has 2 N–H and O–H groups in total. The van der Waals surface area contributed by atoms with Gasteiger partial charge in [0.2, 0.25) is 5.91 Å². The van der Waals surface area contributed by atoms with Crippen molar-refractivity contribution in [3.8, 4) is 0 Å². The molecule has 0 aliphatic carbocycles. The van der Waals surface area contributed by atoms with E-state index in [-0.39, 0.29) is 16.2 Å². The number of fused-ring (bicyclic) bond motifs is 1. The van der Waals surface area contributed by atoms with Crippen molar-refractivity contribution < 1.29 is 18.0 Å². The van der Waals surface area contributed by atoms with Crippen molar-refractivity contribution in [3.63, 3.8) is 0 Å². The fourth-order valence-corrected chi connectivity index (χ4v) is 5.01. The van der Waals surface area contributed by atoms with Crippen LogP contribution in [0.1, 0.15) is 25.1 Å². The van der Waals surface area contributed by atoms with Gasteiger partial charge < -0.3 is 15.5 Å². The van der Waals surface area contributed by atoms with Crippen LogP contribution < -0.4 is 10.6 Å². The number of anilines is 1. The quantitative estimate of drug-likeness (QED) is 0.834. The van der Waals surface area contributed by atoms with Gasteiger partial charge in [-0.3, -0.25) is 4.79 Å². The highest BCUT2D eigenvalue weighted by molar-refractivity contribution is 7.18. The van der Waals surface area contributed by atoms with Crippen LogP contribution in [-0.4, -0.2) is 58.7 Å². The summed E-state index contributed by atoms with van der Waals surface area (Å²) in [4.78, 5) is 25.4. The number of nitrogens with two attached hydrogens (primary N) is 1. The van der Waals surface area contributed by atoms with Gasteiger partial charge in [0.05, 0.1) is 11.8 Å². The molecule has 0 bridgehead atoms. The number of rotatable bonds is 4. The van der Waals surface area contributed by atoms with Crippen LogP contribution in [0.4, 0.5) is 19.0 Å². The Labute approximate surface area is 164 Å². The first-order valence-corrected chi connectivity index (χ1v) is 9.87. The van der Waals surface area contributed by atoms with Crippen LogP contribution in [0.2, 0.25) is 0 Å². The highest BCUT2D eigenvalue weighted by atomic mass is 32.1. The zero-order chi connectivity index (χ0) is 20.3. The molecule has 0 aromatic carbocycles. The monoisotopic (exact) mass is 413 g/mol. The molecule has 0 atom stereocenters. The molecule has 152 valence electrons. The standard InChI is InChI=1S/C18H22F3N5OS/c1-16(2,22)5-13(27)25-6-17(7-25)8-26(9-17)14-12-3-11(4-18(19,20)21)28-15(12)24-10-23-14/h3,10H,4-9,22H2,1-2H3. The minimum atomic E-state index is -4.24. The molecular formula is C18H22F3N5OS. The Morgan fingerprint density at radius 1 is 1.25 bits per heavy atom. The normalized spacial score (nSPS) is 19.1. The summed E-state index contributed by atoms with van der Waals surface area (Å²) in [6.07, 6.45) is -3.48. The largest absolute Gasteiger partial charge is 0.393 e. The number of hydrogen-bond acceptors (Lipinski definition) is 6. The van der Waals surface area contributed by atoms with Gasteiger partial charge in [0.15, 0.2) is 0 Å². The number of carbonyl (C=O) groups excluding carboxylic acids is 1. The summed E-state index contributed by atoms with van der Waals surface area (Å²) in [6, 6.07) is 1.55. The van der Waals surface area contributed by atoms with Crippen LogP contribution in [0.3, 0.4) is 0 Å². The number of nitrogens with zero attached hydrogens (tertiary/aromatic N) is 4. The van der Waals surface area contributed by atoms with Gasteiger partial charge in [-0.05, 0) is 19.9 Å². The van der Waals surface area contributed by atoms with Gasteiger partial charge in [0.25, 0.3) is 0 Å². The van der Waals surface area contributed by atoms with Crippen molar-refractivity contribution in [3.05, 3.63) is 17.3 Å². The van der Waals surface area contributed by atoms with E-state index in [1.54, 1.807) is 6.07 Å². The fraction of sp³-hybridized carbons (Fsp3) is 0.611. The van der Waals surface area contributed by atoms with Crippen molar-refractivity contribution >= 4 is 33.3 Å². The van der Waals surface area contributed by atoms with Gasteiger partial charge in [-0.2, -0.15) is 13.2 Å². The van der Waals surface area contributed by atoms with Crippen molar-refractivity contribution in [2.45, 2.75) is 38.4 Å². The van der Waals surface area contributed by atoms with E-state index in [2.05, 4.69) is 14.9 Å². The van der Waals surface area contributed by atoms with Crippen molar-refractivity contribution in [1.82, 2.24) is 14.9 Å². The third kappa shape index (κ3) is 3.80. The number of amides is 1. The third-order valence-corrected chi connectivity index (χ3v) is 6.14. The Kier molecular flexibility index (Phi) is 4.35. The first-order valence-electron chi connectivity index (χ1n) is 9.05. The lowest BCUT2D eigenvalue weighted by atomic mass is 9.72. The van der Waals surface area contributed by atoms with Gasteiger partial charge in [-0.25, -0.2) is 9.97 Å². The summed E-state index contributed by atoms with van der Waals surface area (Å²) in [7, 11) is 0. The molecular weight excluding hydrogens is 391 g/mol. The van der Waals surface area contributed by atoms with Crippen LogP contribution in [0.5, 0.6) is 0 Å². The first-order chi connectivity index (χ1) is 12.9. The van der Waals surface area contributed by atoms with Crippen LogP contribution in [0.15, 0.2) is 12.4 Å². The molecule has 2 saturated heterocycles. The smallest absolute Gasteiger partial charge is 0.354 e. The summed E-state index contributed by atoms with van der Waals surface area (Å²) in [5.41, 5.74) is 5.45. The van der Waals surface area contributed by atoms with Crippen LogP contribution in [0.25, 0.3) is 10.2 Å². The molecule has 0 radical (unpaired) electrons. The molecule has 10 heteroatoms. The number of likely N-dealkylation sites (tertiary alicyclic amines) is 1. The highest BCUT2D eigenvalue weighted by Crippen LogP contribution is 2.44. The van der Waals surface area contributed by atoms with E-state index in [1.165, 1.54) is 6.33 Å². The van der Waals surface area contributed by atoms with Crippen LogP contribution in [-0.2, 0) is 11.2 Å². The second-order valence-electron chi connectivity index (χ2n) is 8.69. The summed E-state index contributed by atoms with van der Waals surface area (Å²) in [5, 5.41) is 0.665. The molecule has 1 spiro atoms. The van der Waals surface area contributed by atoms with E-state index in [9.17, 15) is 18.0 Å². The topological polar surface area (TPSA) is 75.4 Å². The second kappa shape index (κ2) is 6.28. The summed E-state index contributed by atoms with van der Waals surface area (Å²) < 4.78 is 38.1. The lowest BCUT2D eigenvalue weighted by molar-refractivity contribution is -0.146. The van der Waals surface area contributed by atoms with Gasteiger partial charge >= 0.3 is 6.18 Å². The molecule has 2 aromatic rings. The molecule has 0 saturated carbocycles. The zero-order valence-corrected chi connectivity index (χ0v) is 16.5. The van der Waals surface area contributed by atoms with E-state index < -0.39 is 18.1 Å². The molecule has 0 unspecified atom stereocenters. The molecule has 28 heavy (non-hydrogen) atoms. The molecule has 2 fully saturated rings. The number of thiophene rings is 1. The maximum absolute atomic E-state index is 12.7. The number of carbonyl (C=O) groups is 1. The minimum absolute atomic E-state index is 0.0521. The number of hydrogen-bond donors (Lipinski definition) is 1. The summed E-state index contributed by atoms with van der Waals surface area (Å²) >= 11 is 1.06. The molecule has 4 rings (SSSR count). The molecule has 6 nitrogen and oxygen atoms in total. The van der Waals surface area contributed by atoms with E-state index in [0.29, 0.717) is 35.5 Å². The lowest BCUT2D eigenvalue weighted by Gasteiger charge is -2.60. The number of halogens is 3. The molecule has 2 aliphatic heterocycles. The summed E-state index contributed by atoms with van der Waals surface area (Å²) in [6.45, 7) is 6.52. The first kappa shape index (κ1) is 19.4. The summed E-state index contributed by atoms with van der Waals surface area (Å²) in [5.74, 6) is 0.740. The van der Waals surface area contributed by atoms with Crippen molar-refractivity contribution in [2.75, 3.05) is 31.1 Å². The Morgan fingerprint density at radius 3 is 2.54 bits per heavy atom. The predicted octanol–water partition coefficient (Wildman–Crippen LogP) is 2.57. The predicted molar refractivity (Wildman–Crippen MR) is 101 cm³/mol. The maximum atomic E-state index is 12.7. The van der Waals surface area contributed by atoms with Crippen molar-refractivity contribution in [2.24, 2.45) is 11.1 Å². The van der Waals surface area contributed by atoms with Gasteiger partial charge in [0.1, 0.15) is 17.0 Å². The average Bonchev–Trinajstić information content (AvgIpc) is 2.82. The second-order valence-corrected chi connectivity index (χ2v) is 9.81. The van der Waals surface area contributed by atoms with Crippen molar-refractivity contribution in [1.29, 1.82) is 0 Å². The molecule has 4 heterocycles. The van der Waals surface area contributed by atoms with Gasteiger partial charge in [-0.1, -0.05) is 0 Å². The lowest BCUT2D eigenvalue weighted by Crippen LogP contribution is -2.73. The SMILES string of the molecule is CC(C)(N)CC(=O)N1CC2(C1)CN(c1ncnc3sc(CC(F)(F)F)cc13)C2. The Balaban J connectivity index is 1.41. The van der Waals surface area contributed by atoms with Crippen LogP contribution in [0, 0.1) is 5.41 Å². The van der Waals surface area contributed by atoms with Gasteiger partial charge in [0, 0.05) is 48.4 Å². The molecule has 2 aliphatic rings. The fourth-order valence-electron chi connectivity index (χ4n) is 3.98. The van der Waals surface area contributed by atoms with Crippen LogP contribution >= 0.6 is 11.3 Å². The zero-order valence-electron chi connectivity index (χ0n) is 15.7. The van der Waals surface area contributed by atoms with E-state index in [1.807, 2.05) is 18.7 Å². The average molecular weight is 413 g/mol. The Bertz CT molecular complexity index is 906. The molecule has 2 aromatic heterocycles.